The Balaban J connectivity index is 1.91. The Labute approximate surface area is 196 Å². The lowest BCUT2D eigenvalue weighted by atomic mass is 9.93. The van der Waals surface area contributed by atoms with E-state index in [9.17, 15) is 14.7 Å². The first kappa shape index (κ1) is 22.6. The van der Waals surface area contributed by atoms with Crippen molar-refractivity contribution in [2.24, 2.45) is 0 Å². The molecule has 1 aliphatic heterocycles. The highest BCUT2D eigenvalue weighted by Crippen LogP contribution is 2.42. The number of carbonyl (C=O) groups excluding carboxylic acids is 2. The fourth-order valence-electron chi connectivity index (χ4n) is 4.18. The van der Waals surface area contributed by atoms with Gasteiger partial charge in [0.1, 0.15) is 17.3 Å². The molecule has 1 aromatic heterocycles. The lowest BCUT2D eigenvalue weighted by Gasteiger charge is -2.25. The molecular weight excluding hydrogens is 438 g/mol. The maximum absolute atomic E-state index is 13.3. The summed E-state index contributed by atoms with van der Waals surface area (Å²) in [5, 5.41) is 13.3. The first-order chi connectivity index (χ1) is 15.8. The molecule has 0 saturated carbocycles. The molecule has 1 amide bonds. The lowest BCUT2D eigenvalue weighted by Crippen LogP contribution is -2.28. The first-order valence-corrected chi connectivity index (χ1v) is 11.3. The average molecular weight is 464 g/mol. The van der Waals surface area contributed by atoms with E-state index in [2.05, 4.69) is 0 Å². The van der Waals surface area contributed by atoms with Crippen molar-refractivity contribution in [1.82, 2.24) is 4.90 Å². The summed E-state index contributed by atoms with van der Waals surface area (Å²) < 4.78 is 10.7. The zero-order valence-electron chi connectivity index (χ0n) is 18.9. The number of hydrogen-bond donors (Lipinski definition) is 1. The third kappa shape index (κ3) is 4.12. The molecule has 1 atom stereocenters. The Morgan fingerprint density at radius 2 is 1.82 bits per heavy atom. The van der Waals surface area contributed by atoms with Gasteiger partial charge in [0.15, 0.2) is 0 Å². The Bertz CT molecular complexity index is 1250. The van der Waals surface area contributed by atoms with Gasteiger partial charge in [-0.1, -0.05) is 18.2 Å². The normalized spacial score (nSPS) is 17.5. The molecule has 2 aromatic carbocycles. The summed E-state index contributed by atoms with van der Waals surface area (Å²) in [5.74, 6) is -0.249. The smallest absolute Gasteiger partial charge is 0.295 e. The second kappa shape index (κ2) is 9.11. The van der Waals surface area contributed by atoms with Crippen molar-refractivity contribution in [2.75, 3.05) is 14.2 Å². The number of thiophene rings is 1. The van der Waals surface area contributed by atoms with E-state index in [4.69, 9.17) is 9.47 Å². The van der Waals surface area contributed by atoms with Crippen LogP contribution in [-0.4, -0.2) is 35.9 Å². The number of ether oxygens (including phenoxy) is 2. The first-order valence-electron chi connectivity index (χ1n) is 10.5. The number of aliphatic hydroxyl groups is 1. The molecule has 6 nitrogen and oxygen atoms in total. The van der Waals surface area contributed by atoms with Crippen LogP contribution in [0.3, 0.4) is 0 Å². The molecule has 1 saturated heterocycles. The monoisotopic (exact) mass is 463 g/mol. The van der Waals surface area contributed by atoms with Crippen molar-refractivity contribution < 1.29 is 24.2 Å². The van der Waals surface area contributed by atoms with Gasteiger partial charge < -0.3 is 19.5 Å². The van der Waals surface area contributed by atoms with Gasteiger partial charge in [-0.3, -0.25) is 9.59 Å². The van der Waals surface area contributed by atoms with Gasteiger partial charge in [0, 0.05) is 10.4 Å². The van der Waals surface area contributed by atoms with E-state index in [0.717, 1.165) is 16.0 Å². The van der Waals surface area contributed by atoms with Crippen molar-refractivity contribution >= 4 is 28.8 Å². The predicted molar refractivity (Wildman–Crippen MR) is 128 cm³/mol. The summed E-state index contributed by atoms with van der Waals surface area (Å²) in [5.41, 5.74) is 2.81. The molecular formula is C26H25NO5S. The van der Waals surface area contributed by atoms with Crippen molar-refractivity contribution in [1.29, 1.82) is 0 Å². The third-order valence-corrected chi connectivity index (χ3v) is 6.71. The number of rotatable bonds is 6. The van der Waals surface area contributed by atoms with Crippen LogP contribution in [0.2, 0.25) is 0 Å². The van der Waals surface area contributed by atoms with Crippen LogP contribution < -0.4 is 9.47 Å². The molecule has 1 fully saturated rings. The zero-order valence-corrected chi connectivity index (χ0v) is 19.7. The van der Waals surface area contributed by atoms with Crippen LogP contribution in [0.15, 0.2) is 59.5 Å². The van der Waals surface area contributed by atoms with Crippen LogP contribution in [-0.2, 0) is 16.1 Å². The predicted octanol–water partition coefficient (Wildman–Crippen LogP) is 5.00. The van der Waals surface area contributed by atoms with Crippen LogP contribution in [0.1, 0.15) is 33.2 Å². The maximum Gasteiger partial charge on any atom is 0.295 e. The number of nitrogens with zero attached hydrogens (tertiary/aromatic N) is 1. The van der Waals surface area contributed by atoms with Crippen LogP contribution in [0.5, 0.6) is 11.5 Å². The fourth-order valence-corrected chi connectivity index (χ4v) is 4.88. The highest BCUT2D eigenvalue weighted by molar-refractivity contribution is 7.09. The number of methoxy groups -OCH3 is 2. The Kier molecular flexibility index (Phi) is 6.24. The number of aliphatic hydroxyl groups excluding tert-OH is 1. The van der Waals surface area contributed by atoms with E-state index in [1.165, 1.54) is 16.2 Å². The molecule has 1 aliphatic rings. The number of likely N-dealkylation sites (tertiary alicyclic amines) is 1. The van der Waals surface area contributed by atoms with Gasteiger partial charge in [-0.15, -0.1) is 11.3 Å². The molecule has 0 radical (unpaired) electrons. The molecule has 0 aliphatic carbocycles. The van der Waals surface area contributed by atoms with Crippen molar-refractivity contribution in [2.45, 2.75) is 26.4 Å². The molecule has 170 valence electrons. The van der Waals surface area contributed by atoms with E-state index in [1.807, 2.05) is 49.6 Å². The second-order valence-corrected chi connectivity index (χ2v) is 8.95. The minimum Gasteiger partial charge on any atom is -0.507 e. The molecule has 2 heterocycles. The molecule has 1 unspecified atom stereocenters. The second-order valence-electron chi connectivity index (χ2n) is 7.92. The fraction of sp³-hybridized carbons (Fsp3) is 0.231. The topological polar surface area (TPSA) is 76.1 Å². The summed E-state index contributed by atoms with van der Waals surface area (Å²) in [4.78, 5) is 28.9. The van der Waals surface area contributed by atoms with Crippen LogP contribution in [0.4, 0.5) is 0 Å². The van der Waals surface area contributed by atoms with E-state index in [-0.39, 0.29) is 17.9 Å². The highest BCUT2D eigenvalue weighted by Gasteiger charge is 2.46. The quantitative estimate of drug-likeness (QED) is 0.316. The Hall–Kier alpha value is -3.58. The zero-order chi connectivity index (χ0) is 23.7. The number of aryl methyl sites for hydroxylation is 2. The SMILES string of the molecule is COc1cccc(C2/C(=C(\O)c3cc(C)c(OC)cc3C)C(=O)C(=O)N2Cc2cccs2)c1. The number of ketones is 1. The maximum atomic E-state index is 13.3. The molecule has 33 heavy (non-hydrogen) atoms. The summed E-state index contributed by atoms with van der Waals surface area (Å²) in [6.07, 6.45) is 0. The van der Waals surface area contributed by atoms with Gasteiger partial charge in [-0.25, -0.2) is 0 Å². The van der Waals surface area contributed by atoms with Crippen molar-refractivity contribution in [3.8, 4) is 11.5 Å². The molecule has 0 spiro atoms. The lowest BCUT2D eigenvalue weighted by molar-refractivity contribution is -0.140. The third-order valence-electron chi connectivity index (χ3n) is 5.85. The van der Waals surface area contributed by atoms with Gasteiger partial charge in [-0.05, 0) is 66.2 Å². The summed E-state index contributed by atoms with van der Waals surface area (Å²) in [6, 6.07) is 13.9. The molecule has 0 bridgehead atoms. The van der Waals surface area contributed by atoms with E-state index in [0.29, 0.717) is 22.6 Å². The van der Waals surface area contributed by atoms with Crippen LogP contribution in [0.25, 0.3) is 5.76 Å². The minimum absolute atomic E-state index is 0.0671. The minimum atomic E-state index is -0.746. The standard InChI is InChI=1S/C26H25NO5S/c1-15-12-21(32-4)16(2)11-20(15)24(28)22-23(17-7-5-8-18(13-17)31-3)27(26(30)25(22)29)14-19-9-6-10-33-19/h5-13,23,28H,14H2,1-4H3/b24-22+. The molecule has 3 aromatic rings. The van der Waals surface area contributed by atoms with Gasteiger partial charge in [0.2, 0.25) is 0 Å². The van der Waals surface area contributed by atoms with Crippen molar-refractivity contribution in [3.05, 3.63) is 86.6 Å². The van der Waals surface area contributed by atoms with Crippen molar-refractivity contribution in [3.63, 3.8) is 0 Å². The van der Waals surface area contributed by atoms with Gasteiger partial charge >= 0.3 is 0 Å². The average Bonchev–Trinajstić information content (AvgIpc) is 3.42. The summed E-state index contributed by atoms with van der Waals surface area (Å²) in [6.45, 7) is 3.96. The summed E-state index contributed by atoms with van der Waals surface area (Å²) >= 11 is 1.51. The van der Waals surface area contributed by atoms with E-state index >= 15 is 0 Å². The van der Waals surface area contributed by atoms with Crippen LogP contribution in [0, 0.1) is 13.8 Å². The molecule has 4 rings (SSSR count). The largest absolute Gasteiger partial charge is 0.507 e. The van der Waals surface area contributed by atoms with E-state index < -0.39 is 17.7 Å². The molecule has 7 heteroatoms. The molecule has 1 N–H and O–H groups in total. The number of hydrogen-bond acceptors (Lipinski definition) is 6. The van der Waals surface area contributed by atoms with Gasteiger partial charge in [-0.2, -0.15) is 0 Å². The number of benzene rings is 2. The highest BCUT2D eigenvalue weighted by atomic mass is 32.1. The van der Waals surface area contributed by atoms with Gasteiger partial charge in [0.05, 0.1) is 32.4 Å². The summed E-state index contributed by atoms with van der Waals surface area (Å²) in [7, 11) is 3.14. The van der Waals surface area contributed by atoms with Crippen LogP contribution >= 0.6 is 11.3 Å². The number of carbonyl (C=O) groups is 2. The Morgan fingerprint density at radius 1 is 1.03 bits per heavy atom. The number of amides is 1. The van der Waals surface area contributed by atoms with Gasteiger partial charge in [0.25, 0.3) is 11.7 Å². The number of Topliss-reactive ketones (excluding diaryl/α,β-unsaturated/α-hetero) is 1. The van der Waals surface area contributed by atoms with E-state index in [1.54, 1.807) is 32.4 Å². The Morgan fingerprint density at radius 3 is 2.48 bits per heavy atom.